The van der Waals surface area contributed by atoms with E-state index in [1.165, 1.54) is 0 Å². The molecule has 0 radical (unpaired) electrons. The molecule has 0 bridgehead atoms. The van der Waals surface area contributed by atoms with Gasteiger partial charge in [0, 0.05) is 19.6 Å². The van der Waals surface area contributed by atoms with Crippen molar-refractivity contribution in [1.29, 1.82) is 0 Å². The molecule has 9 heteroatoms. The van der Waals surface area contributed by atoms with Crippen LogP contribution in [0.15, 0.2) is 18.2 Å². The lowest BCUT2D eigenvalue weighted by molar-refractivity contribution is -0.118. The van der Waals surface area contributed by atoms with Gasteiger partial charge in [0.05, 0.1) is 32.1 Å². The van der Waals surface area contributed by atoms with Crippen molar-refractivity contribution in [1.82, 2.24) is 9.80 Å². The molecular weight excluding hydrogens is 434 g/mol. The van der Waals surface area contributed by atoms with E-state index in [1.54, 1.807) is 18.2 Å². The molecular formula is C23H38ClN3O5. The second-order valence-corrected chi connectivity index (χ2v) is 7.48. The highest BCUT2D eigenvalue weighted by atomic mass is 35.5. The molecule has 1 fully saturated rings. The number of nitrogens with zero attached hydrogens (tertiary/aromatic N) is 2. The Hall–Kier alpha value is -1.87. The van der Waals surface area contributed by atoms with Crippen molar-refractivity contribution >= 4 is 30.0 Å². The molecule has 1 saturated heterocycles. The molecule has 1 aromatic carbocycles. The summed E-state index contributed by atoms with van der Waals surface area (Å²) in [5, 5.41) is 2.91. The average Bonchev–Trinajstić information content (AvgIpc) is 2.78. The molecule has 0 unspecified atom stereocenters. The number of benzene rings is 1. The maximum absolute atomic E-state index is 12.8. The van der Waals surface area contributed by atoms with Gasteiger partial charge in [-0.25, -0.2) is 4.79 Å². The fourth-order valence-corrected chi connectivity index (χ4v) is 3.31. The predicted octanol–water partition coefficient (Wildman–Crippen LogP) is 3.06. The molecule has 2 rings (SSSR count). The van der Waals surface area contributed by atoms with Gasteiger partial charge in [0.15, 0.2) is 5.75 Å². The molecule has 0 saturated carbocycles. The highest BCUT2D eigenvalue weighted by molar-refractivity contribution is 5.99. The van der Waals surface area contributed by atoms with E-state index in [2.05, 4.69) is 31.0 Å². The van der Waals surface area contributed by atoms with Crippen LogP contribution in [-0.4, -0.2) is 87.4 Å². The fraction of sp³-hybridized carbons (Fsp3) is 0.652. The zero-order valence-electron chi connectivity index (χ0n) is 19.6. The van der Waals surface area contributed by atoms with E-state index >= 15 is 0 Å². The van der Waals surface area contributed by atoms with Crippen LogP contribution in [0.4, 0.5) is 5.69 Å². The first-order valence-corrected chi connectivity index (χ1v) is 11.3. The highest BCUT2D eigenvalue weighted by Gasteiger charge is 2.21. The maximum Gasteiger partial charge on any atom is 0.342 e. The Morgan fingerprint density at radius 2 is 1.84 bits per heavy atom. The van der Waals surface area contributed by atoms with Gasteiger partial charge in [-0.05, 0) is 31.6 Å². The molecule has 1 aliphatic rings. The van der Waals surface area contributed by atoms with E-state index in [4.69, 9.17) is 14.2 Å². The number of likely N-dealkylation sites (N-methyl/N-ethyl adjacent to an activating group) is 1. The van der Waals surface area contributed by atoms with E-state index in [9.17, 15) is 9.59 Å². The van der Waals surface area contributed by atoms with Gasteiger partial charge in [-0.3, -0.25) is 9.69 Å². The van der Waals surface area contributed by atoms with E-state index in [0.717, 1.165) is 39.0 Å². The van der Waals surface area contributed by atoms with E-state index in [1.807, 2.05) is 4.90 Å². The van der Waals surface area contributed by atoms with Crippen molar-refractivity contribution < 1.29 is 23.8 Å². The summed E-state index contributed by atoms with van der Waals surface area (Å²) in [4.78, 5) is 29.6. The van der Waals surface area contributed by atoms with Gasteiger partial charge < -0.3 is 24.4 Å². The summed E-state index contributed by atoms with van der Waals surface area (Å²) in [5.74, 6) is -0.212. The van der Waals surface area contributed by atoms with Crippen molar-refractivity contribution in [3.63, 3.8) is 0 Å². The number of carbonyl (C=O) groups is 2. The Kier molecular flexibility index (Phi) is 14.0. The molecule has 8 nitrogen and oxygen atoms in total. The van der Waals surface area contributed by atoms with Crippen molar-refractivity contribution in [2.45, 2.75) is 33.6 Å². The van der Waals surface area contributed by atoms with E-state index < -0.39 is 5.97 Å². The van der Waals surface area contributed by atoms with Crippen molar-refractivity contribution in [3.05, 3.63) is 23.8 Å². The first-order valence-electron chi connectivity index (χ1n) is 11.3. The minimum Gasteiger partial charge on any atom is -0.490 e. The summed E-state index contributed by atoms with van der Waals surface area (Å²) < 4.78 is 16.8. The molecule has 1 aliphatic heterocycles. The van der Waals surface area contributed by atoms with Gasteiger partial charge >= 0.3 is 5.97 Å². The SMILES string of the molecule is CCCCOc1c(NC(=O)CN2CCOCC2)cccc1C(=O)OCCN(CC)CC.Cl. The van der Waals surface area contributed by atoms with Crippen molar-refractivity contribution in [2.24, 2.45) is 0 Å². The quantitative estimate of drug-likeness (QED) is 0.350. The Morgan fingerprint density at radius 1 is 1.12 bits per heavy atom. The van der Waals surface area contributed by atoms with Crippen molar-refractivity contribution in [3.8, 4) is 5.75 Å². The molecule has 0 spiro atoms. The number of nitrogens with one attached hydrogen (secondary N) is 1. The van der Waals surface area contributed by atoms with Gasteiger partial charge in [-0.1, -0.05) is 33.3 Å². The van der Waals surface area contributed by atoms with Crippen LogP contribution in [0, 0.1) is 0 Å². The lowest BCUT2D eigenvalue weighted by atomic mass is 10.1. The Labute approximate surface area is 198 Å². The molecule has 1 amide bonds. The third-order valence-electron chi connectivity index (χ3n) is 5.26. The summed E-state index contributed by atoms with van der Waals surface area (Å²) in [6.07, 6.45) is 1.82. The summed E-state index contributed by atoms with van der Waals surface area (Å²) >= 11 is 0. The third kappa shape index (κ3) is 9.32. The van der Waals surface area contributed by atoms with E-state index in [0.29, 0.717) is 50.0 Å². The fourth-order valence-electron chi connectivity index (χ4n) is 3.31. The summed E-state index contributed by atoms with van der Waals surface area (Å²) in [6, 6.07) is 5.17. The second-order valence-electron chi connectivity index (χ2n) is 7.48. The molecule has 32 heavy (non-hydrogen) atoms. The average molecular weight is 472 g/mol. The van der Waals surface area contributed by atoms with Gasteiger partial charge in [0.1, 0.15) is 12.2 Å². The molecule has 0 aromatic heterocycles. The van der Waals surface area contributed by atoms with Crippen LogP contribution in [0.25, 0.3) is 0 Å². The number of para-hydroxylation sites is 1. The summed E-state index contributed by atoms with van der Waals surface area (Å²) in [6.45, 7) is 12.5. The van der Waals surface area contributed by atoms with Crippen LogP contribution in [0.2, 0.25) is 0 Å². The smallest absolute Gasteiger partial charge is 0.342 e. The number of carbonyl (C=O) groups excluding carboxylic acids is 2. The van der Waals surface area contributed by atoms with Gasteiger partial charge in [0.2, 0.25) is 5.91 Å². The second kappa shape index (κ2) is 15.9. The largest absolute Gasteiger partial charge is 0.490 e. The number of rotatable bonds is 13. The Bertz CT molecular complexity index is 694. The number of hydrogen-bond acceptors (Lipinski definition) is 7. The topological polar surface area (TPSA) is 80.3 Å². The number of esters is 1. The molecule has 0 atom stereocenters. The minimum atomic E-state index is -0.442. The zero-order chi connectivity index (χ0) is 22.5. The maximum atomic E-state index is 12.8. The molecule has 1 aromatic rings. The van der Waals surface area contributed by atoms with Crippen LogP contribution >= 0.6 is 12.4 Å². The highest BCUT2D eigenvalue weighted by Crippen LogP contribution is 2.30. The summed E-state index contributed by atoms with van der Waals surface area (Å²) in [7, 11) is 0. The monoisotopic (exact) mass is 471 g/mol. The molecule has 1 N–H and O–H groups in total. The lowest BCUT2D eigenvalue weighted by Crippen LogP contribution is -2.41. The first kappa shape index (κ1) is 28.2. The molecule has 1 heterocycles. The van der Waals surface area contributed by atoms with Gasteiger partial charge in [-0.2, -0.15) is 0 Å². The minimum absolute atomic E-state index is 0. The van der Waals surface area contributed by atoms with E-state index in [-0.39, 0.29) is 24.9 Å². The molecule has 182 valence electrons. The number of ether oxygens (including phenoxy) is 3. The predicted molar refractivity (Wildman–Crippen MR) is 128 cm³/mol. The van der Waals surface area contributed by atoms with Gasteiger partial charge in [-0.15, -0.1) is 12.4 Å². The number of unbranched alkanes of at least 4 members (excludes halogenated alkanes) is 1. The number of hydrogen-bond donors (Lipinski definition) is 1. The zero-order valence-corrected chi connectivity index (χ0v) is 20.4. The number of morpholine rings is 1. The molecule has 0 aliphatic carbocycles. The number of anilines is 1. The lowest BCUT2D eigenvalue weighted by Gasteiger charge is -2.26. The van der Waals surface area contributed by atoms with Crippen LogP contribution in [0.3, 0.4) is 0 Å². The number of amides is 1. The summed E-state index contributed by atoms with van der Waals surface area (Å²) in [5.41, 5.74) is 0.826. The van der Waals surface area contributed by atoms with Crippen LogP contribution in [0.5, 0.6) is 5.75 Å². The van der Waals surface area contributed by atoms with Gasteiger partial charge in [0.25, 0.3) is 0 Å². The first-order chi connectivity index (χ1) is 15.1. The standard InChI is InChI=1S/C23H37N3O5.ClH/c1-4-7-14-30-22-19(23(28)31-17-13-25(5-2)6-3)9-8-10-20(22)24-21(27)18-26-11-15-29-16-12-26;/h8-10H,4-7,11-18H2,1-3H3,(H,24,27);1H. The Balaban J connectivity index is 0.00000512. The third-order valence-corrected chi connectivity index (χ3v) is 5.26. The van der Waals surface area contributed by atoms with Crippen molar-refractivity contribution in [2.75, 3.05) is 71.0 Å². The normalized spacial score (nSPS) is 14.0. The Morgan fingerprint density at radius 3 is 2.50 bits per heavy atom. The number of halogens is 1. The van der Waals surface area contributed by atoms with Crippen LogP contribution < -0.4 is 10.1 Å². The van der Waals surface area contributed by atoms with Crippen LogP contribution in [0.1, 0.15) is 44.0 Å². The van der Waals surface area contributed by atoms with Crippen LogP contribution in [-0.2, 0) is 14.3 Å².